The van der Waals surface area contributed by atoms with E-state index in [2.05, 4.69) is 54.1 Å². The van der Waals surface area contributed by atoms with Gasteiger partial charge in [-0.15, -0.1) is 21.5 Å². The molecule has 0 amide bonds. The van der Waals surface area contributed by atoms with Crippen molar-refractivity contribution in [3.63, 3.8) is 0 Å². The highest BCUT2D eigenvalue weighted by molar-refractivity contribution is 14.1. The molecule has 9 heteroatoms. The Labute approximate surface area is 183 Å². The fourth-order valence-electron chi connectivity index (χ4n) is 2.88. The maximum Gasteiger partial charge on any atom is 0.171 e. The van der Waals surface area contributed by atoms with Gasteiger partial charge in [0.05, 0.1) is 15.3 Å². The molecule has 0 aliphatic heterocycles. The highest BCUT2D eigenvalue weighted by atomic mass is 127. The number of aromatic nitrogens is 4. The topological polar surface area (TPSA) is 90.3 Å². The third-order valence-electron chi connectivity index (χ3n) is 4.13. The van der Waals surface area contributed by atoms with Crippen LogP contribution in [-0.4, -0.2) is 27.2 Å². The van der Waals surface area contributed by atoms with Crippen molar-refractivity contribution in [2.75, 3.05) is 12.4 Å². The van der Waals surface area contributed by atoms with E-state index in [0.717, 1.165) is 35.8 Å². The fourth-order valence-corrected chi connectivity index (χ4v) is 5.23. The lowest BCUT2D eigenvalue weighted by atomic mass is 9.98. The van der Waals surface area contributed by atoms with E-state index in [1.807, 2.05) is 37.4 Å². The molecule has 28 heavy (non-hydrogen) atoms. The lowest BCUT2D eigenvalue weighted by Crippen LogP contribution is -1.92. The van der Waals surface area contributed by atoms with Crippen molar-refractivity contribution in [1.82, 2.24) is 20.2 Å². The number of benzene rings is 1. The number of hydrogen-bond acceptors (Lipinski definition) is 6. The van der Waals surface area contributed by atoms with E-state index < -0.39 is 0 Å². The zero-order valence-electron chi connectivity index (χ0n) is 14.5. The van der Waals surface area contributed by atoms with Crippen molar-refractivity contribution >= 4 is 51.3 Å². The highest BCUT2D eigenvalue weighted by Crippen LogP contribution is 2.47. The van der Waals surface area contributed by atoms with Crippen LogP contribution in [0.15, 0.2) is 42.9 Å². The molecule has 1 aromatic carbocycles. The Hall–Kier alpha value is -2.48. The van der Waals surface area contributed by atoms with Crippen LogP contribution < -0.4 is 5.32 Å². The lowest BCUT2D eigenvalue weighted by Gasteiger charge is -2.07. The number of halogens is 2. The van der Waals surface area contributed by atoms with Gasteiger partial charge in [-0.2, -0.15) is 5.26 Å². The maximum atomic E-state index is 10.1. The molecule has 0 aliphatic rings. The summed E-state index contributed by atoms with van der Waals surface area (Å²) in [5.74, 6) is 1.36. The molecule has 0 atom stereocenters. The molecule has 0 bridgehead atoms. The molecule has 138 valence electrons. The summed E-state index contributed by atoms with van der Waals surface area (Å²) in [6.07, 6.45) is 3.25. The Kier molecular flexibility index (Phi) is 5.30. The number of thiophene rings is 1. The van der Waals surface area contributed by atoms with Crippen LogP contribution in [0.5, 0.6) is 0 Å². The zero-order chi connectivity index (χ0) is 19.7. The highest BCUT2D eigenvalue weighted by Gasteiger charge is 2.25. The summed E-state index contributed by atoms with van der Waals surface area (Å²) in [6.45, 7) is 0. The minimum Gasteiger partial charge on any atom is -0.373 e. The molecule has 0 radical (unpaired) electrons. The summed E-state index contributed by atoms with van der Waals surface area (Å²) in [6, 6.07) is 11.9. The predicted molar refractivity (Wildman–Crippen MR) is 120 cm³/mol. The van der Waals surface area contributed by atoms with Crippen molar-refractivity contribution in [2.45, 2.75) is 0 Å². The molecular formula is C19H12ClIN6S. The van der Waals surface area contributed by atoms with Crippen LogP contribution >= 0.6 is 45.5 Å². The third kappa shape index (κ3) is 3.37. The predicted octanol–water partition coefficient (Wildman–Crippen LogP) is 5.43. The van der Waals surface area contributed by atoms with Gasteiger partial charge in [-0.3, -0.25) is 0 Å². The molecule has 0 aliphatic carbocycles. The minimum atomic E-state index is 0.588. The number of nitrogens with zero attached hydrogens (tertiary/aromatic N) is 4. The maximum absolute atomic E-state index is 10.1. The normalized spacial score (nSPS) is 10.6. The first-order valence-electron chi connectivity index (χ1n) is 8.15. The van der Waals surface area contributed by atoms with E-state index in [-0.39, 0.29) is 0 Å². The van der Waals surface area contributed by atoms with Crippen LogP contribution in [0.25, 0.3) is 32.3 Å². The summed E-state index contributed by atoms with van der Waals surface area (Å²) >= 11 is 9.88. The van der Waals surface area contributed by atoms with Gasteiger partial charge in [-0.05, 0) is 58.0 Å². The third-order valence-corrected chi connectivity index (χ3v) is 6.50. The Bertz CT molecular complexity index is 1200. The van der Waals surface area contributed by atoms with Crippen molar-refractivity contribution in [2.24, 2.45) is 0 Å². The number of rotatable bonds is 4. The van der Waals surface area contributed by atoms with Crippen LogP contribution in [0.4, 0.5) is 5.82 Å². The van der Waals surface area contributed by atoms with Crippen LogP contribution in [0.3, 0.4) is 0 Å². The summed E-state index contributed by atoms with van der Waals surface area (Å²) in [7, 11) is 1.81. The van der Waals surface area contributed by atoms with Gasteiger partial charge in [-0.25, -0.2) is 4.98 Å². The van der Waals surface area contributed by atoms with Crippen LogP contribution in [0.2, 0.25) is 5.02 Å². The molecule has 0 unspecified atom stereocenters. The van der Waals surface area contributed by atoms with Gasteiger partial charge in [0.1, 0.15) is 18.2 Å². The van der Waals surface area contributed by atoms with Crippen molar-refractivity contribution in [1.29, 1.82) is 5.26 Å². The first-order chi connectivity index (χ1) is 13.6. The molecule has 0 spiro atoms. The molecule has 4 rings (SSSR count). The lowest BCUT2D eigenvalue weighted by molar-refractivity contribution is 1.10. The van der Waals surface area contributed by atoms with E-state index in [1.165, 1.54) is 17.7 Å². The Morgan fingerprint density at radius 2 is 2.11 bits per heavy atom. The smallest absolute Gasteiger partial charge is 0.171 e. The number of pyridine rings is 1. The van der Waals surface area contributed by atoms with Crippen molar-refractivity contribution in [3.05, 3.63) is 57.0 Å². The molecule has 0 saturated carbocycles. The SMILES string of the molecule is CNc1cc(-c2sc(-c3nnc[nH]3)c(-c3ccc(Cl)cc3I)c2C#N)ccn1. The van der Waals surface area contributed by atoms with Crippen LogP contribution in [0.1, 0.15) is 5.56 Å². The molecule has 3 heterocycles. The molecule has 2 N–H and O–H groups in total. The first kappa shape index (κ1) is 18.9. The number of H-pyrrole nitrogens is 1. The van der Waals surface area contributed by atoms with Crippen molar-refractivity contribution < 1.29 is 0 Å². The monoisotopic (exact) mass is 518 g/mol. The van der Waals surface area contributed by atoms with Crippen LogP contribution in [-0.2, 0) is 0 Å². The van der Waals surface area contributed by atoms with E-state index in [4.69, 9.17) is 11.6 Å². The Balaban J connectivity index is 2.03. The average Bonchev–Trinajstić information content (AvgIpc) is 3.35. The minimum absolute atomic E-state index is 0.588. The standard InChI is InChI=1S/C19H12ClIN6S/c1-23-15-6-10(4-5-24-15)17-13(8-22)16(12-3-2-11(20)7-14(12)21)18(28-17)19-25-9-26-27-19/h2-7,9H,1H3,(H,23,24)(H,25,26,27). The largest absolute Gasteiger partial charge is 0.373 e. The van der Waals surface area contributed by atoms with Gasteiger partial charge in [-0.1, -0.05) is 17.7 Å². The second-order valence-electron chi connectivity index (χ2n) is 5.76. The number of hydrogen-bond donors (Lipinski definition) is 2. The Morgan fingerprint density at radius 1 is 1.25 bits per heavy atom. The van der Waals surface area contributed by atoms with E-state index >= 15 is 0 Å². The van der Waals surface area contributed by atoms with Crippen LogP contribution in [0, 0.1) is 14.9 Å². The van der Waals surface area contributed by atoms with Gasteiger partial charge in [0.2, 0.25) is 0 Å². The van der Waals surface area contributed by atoms with E-state index in [9.17, 15) is 5.26 Å². The van der Waals surface area contributed by atoms with Crippen molar-refractivity contribution in [3.8, 4) is 38.3 Å². The summed E-state index contributed by atoms with van der Waals surface area (Å²) in [5, 5.41) is 21.8. The number of anilines is 1. The Morgan fingerprint density at radius 3 is 2.79 bits per heavy atom. The average molecular weight is 519 g/mol. The van der Waals surface area contributed by atoms with E-state index in [1.54, 1.807) is 6.20 Å². The molecule has 6 nitrogen and oxygen atoms in total. The second-order valence-corrected chi connectivity index (χ2v) is 8.38. The summed E-state index contributed by atoms with van der Waals surface area (Å²) in [5.41, 5.74) is 3.25. The van der Waals surface area contributed by atoms with Gasteiger partial charge in [0.25, 0.3) is 0 Å². The molecular weight excluding hydrogens is 507 g/mol. The second kappa shape index (κ2) is 7.87. The number of nitriles is 1. The molecule has 3 aromatic heterocycles. The molecule has 4 aromatic rings. The first-order valence-corrected chi connectivity index (χ1v) is 10.4. The van der Waals surface area contributed by atoms with Gasteiger partial charge >= 0.3 is 0 Å². The van der Waals surface area contributed by atoms with Gasteiger partial charge < -0.3 is 10.3 Å². The summed E-state index contributed by atoms with van der Waals surface area (Å²) in [4.78, 5) is 9.03. The van der Waals surface area contributed by atoms with Gasteiger partial charge in [0, 0.05) is 27.4 Å². The van der Waals surface area contributed by atoms with E-state index in [0.29, 0.717) is 16.4 Å². The summed E-state index contributed by atoms with van der Waals surface area (Å²) < 4.78 is 0.956. The molecule has 0 fully saturated rings. The van der Waals surface area contributed by atoms with Gasteiger partial charge in [0.15, 0.2) is 5.82 Å². The fraction of sp³-hybridized carbons (Fsp3) is 0.0526. The number of aromatic amines is 1. The quantitative estimate of drug-likeness (QED) is 0.352. The molecule has 0 saturated heterocycles. The number of nitrogens with one attached hydrogen (secondary N) is 2. The zero-order valence-corrected chi connectivity index (χ0v) is 18.2.